The minimum atomic E-state index is -4.73. The first-order valence-corrected chi connectivity index (χ1v) is 12.0. The number of alkyl halides is 3. The van der Waals surface area contributed by atoms with Gasteiger partial charge >= 0.3 is 6.18 Å². The molecule has 13 heteroatoms. The van der Waals surface area contributed by atoms with Crippen LogP contribution in [0.5, 0.6) is 5.75 Å². The van der Waals surface area contributed by atoms with Crippen molar-refractivity contribution in [1.82, 2.24) is 14.9 Å². The molecular formula is C27H30F3N7O3. The summed E-state index contributed by atoms with van der Waals surface area (Å²) in [6.07, 6.45) is -2.96. The van der Waals surface area contributed by atoms with Crippen LogP contribution in [-0.4, -0.2) is 61.0 Å². The van der Waals surface area contributed by atoms with Crippen LogP contribution < -0.4 is 25.6 Å². The normalized spacial score (nSPS) is 10.9. The van der Waals surface area contributed by atoms with Crippen molar-refractivity contribution in [3.63, 3.8) is 0 Å². The summed E-state index contributed by atoms with van der Waals surface area (Å²) in [5.74, 6) is -0.677. The average molecular weight is 558 g/mol. The number of nitrogens with zero attached hydrogens (tertiary/aromatic N) is 4. The maximum atomic E-state index is 13.7. The summed E-state index contributed by atoms with van der Waals surface area (Å²) in [4.78, 5) is 34.5. The molecule has 1 aromatic heterocycles. The Kier molecular flexibility index (Phi) is 9.54. The summed E-state index contributed by atoms with van der Waals surface area (Å²) >= 11 is 0. The van der Waals surface area contributed by atoms with Gasteiger partial charge in [0.1, 0.15) is 17.1 Å². The fraction of sp³-hybridized carbons (Fsp3) is 0.259. The van der Waals surface area contributed by atoms with E-state index < -0.39 is 23.5 Å². The van der Waals surface area contributed by atoms with Crippen LogP contribution in [0.3, 0.4) is 0 Å². The van der Waals surface area contributed by atoms with Gasteiger partial charge in [-0.15, -0.1) is 0 Å². The largest absolute Gasteiger partial charge is 0.494 e. The number of hydrogen-bond acceptors (Lipinski definition) is 8. The van der Waals surface area contributed by atoms with Crippen LogP contribution in [0.15, 0.2) is 61.3 Å². The highest BCUT2D eigenvalue weighted by molar-refractivity contribution is 5.99. The van der Waals surface area contributed by atoms with Gasteiger partial charge in [0.25, 0.3) is 0 Å². The van der Waals surface area contributed by atoms with Crippen LogP contribution in [-0.2, 0) is 15.8 Å². The molecule has 3 N–H and O–H groups in total. The molecule has 10 nitrogen and oxygen atoms in total. The van der Waals surface area contributed by atoms with Crippen LogP contribution in [0.1, 0.15) is 12.5 Å². The Hall–Kier alpha value is -4.81. The summed E-state index contributed by atoms with van der Waals surface area (Å²) < 4.78 is 46.7. The number of likely N-dealkylation sites (N-methyl/N-ethyl adjacent to an activating group) is 2. The molecule has 3 rings (SSSR count). The third-order valence-electron chi connectivity index (χ3n) is 5.85. The number of carbonyl (C=O) groups excluding carboxylic acids is 2. The number of benzene rings is 2. The maximum Gasteiger partial charge on any atom is 0.421 e. The van der Waals surface area contributed by atoms with Crippen molar-refractivity contribution in [3.05, 3.63) is 66.9 Å². The van der Waals surface area contributed by atoms with Gasteiger partial charge in [-0.05, 0) is 36.4 Å². The number of ether oxygens (including phenoxy) is 1. The van der Waals surface area contributed by atoms with E-state index in [1.165, 1.54) is 26.2 Å². The second-order valence-electron chi connectivity index (χ2n) is 8.72. The van der Waals surface area contributed by atoms with Crippen molar-refractivity contribution in [3.8, 4) is 5.75 Å². The van der Waals surface area contributed by atoms with E-state index in [1.54, 1.807) is 42.3 Å². The molecule has 3 aromatic rings. The molecule has 0 spiro atoms. The minimum Gasteiger partial charge on any atom is -0.494 e. The van der Waals surface area contributed by atoms with Gasteiger partial charge in [-0.25, -0.2) is 4.98 Å². The van der Waals surface area contributed by atoms with Gasteiger partial charge in [0.2, 0.25) is 17.8 Å². The van der Waals surface area contributed by atoms with Crippen molar-refractivity contribution in [2.45, 2.75) is 13.1 Å². The number of hydrogen-bond donors (Lipinski definition) is 3. The molecule has 0 radical (unpaired) electrons. The fourth-order valence-corrected chi connectivity index (χ4v) is 3.48. The van der Waals surface area contributed by atoms with E-state index >= 15 is 0 Å². The second kappa shape index (κ2) is 12.8. The Morgan fingerprint density at radius 2 is 1.80 bits per heavy atom. The number of rotatable bonds is 11. The third kappa shape index (κ3) is 7.85. The number of nitrogens with one attached hydrogen (secondary N) is 3. The molecule has 0 bridgehead atoms. The molecule has 0 unspecified atom stereocenters. The molecule has 2 aromatic carbocycles. The molecule has 2 amide bonds. The molecule has 0 aliphatic rings. The summed E-state index contributed by atoms with van der Waals surface area (Å²) in [5, 5.41) is 8.13. The van der Waals surface area contributed by atoms with Crippen molar-refractivity contribution in [1.29, 1.82) is 0 Å². The predicted octanol–water partition coefficient (Wildman–Crippen LogP) is 5.03. The lowest BCUT2D eigenvalue weighted by Gasteiger charge is -2.24. The monoisotopic (exact) mass is 557 g/mol. The minimum absolute atomic E-state index is 0.0388. The zero-order valence-electron chi connectivity index (χ0n) is 22.5. The number of anilines is 6. The maximum absolute atomic E-state index is 13.7. The Bertz CT molecular complexity index is 1380. The lowest BCUT2D eigenvalue weighted by atomic mass is 10.2. The topological polar surface area (TPSA) is 112 Å². The molecule has 0 saturated heterocycles. The van der Waals surface area contributed by atoms with Gasteiger partial charge in [0, 0.05) is 63.4 Å². The molecule has 212 valence electrons. The van der Waals surface area contributed by atoms with E-state index in [1.807, 2.05) is 11.9 Å². The molecule has 0 aliphatic carbocycles. The standard InChI is InChI=1S/C27H30F3N7O3/c1-6-24(39)32-18-8-7-9-19(14-18)33-25-21(27(28,29)30)16-31-26(35-25)34-22-11-10-20(15-23(22)40-5)37(4)13-12-36(3)17(2)38/h6-11,14-16H,1,12-13H2,2-5H3,(H,32,39)(H2,31,33,34,35). The second-order valence-corrected chi connectivity index (χ2v) is 8.72. The summed E-state index contributed by atoms with van der Waals surface area (Å²) in [5.41, 5.74) is 0.785. The van der Waals surface area contributed by atoms with Crippen molar-refractivity contribution >= 4 is 46.3 Å². The SMILES string of the molecule is C=CC(=O)Nc1cccc(Nc2nc(Nc3ccc(N(C)CCN(C)C(C)=O)cc3OC)ncc2C(F)(F)F)c1. The lowest BCUT2D eigenvalue weighted by Crippen LogP contribution is -2.33. The van der Waals surface area contributed by atoms with Crippen LogP contribution in [0, 0.1) is 0 Å². The lowest BCUT2D eigenvalue weighted by molar-refractivity contribution is -0.137. The van der Waals surface area contributed by atoms with E-state index in [2.05, 4.69) is 32.5 Å². The van der Waals surface area contributed by atoms with Crippen molar-refractivity contribution in [2.75, 3.05) is 55.1 Å². The smallest absolute Gasteiger partial charge is 0.421 e. The molecule has 0 saturated carbocycles. The van der Waals surface area contributed by atoms with E-state index in [-0.39, 0.29) is 17.5 Å². The first kappa shape index (κ1) is 29.7. The highest BCUT2D eigenvalue weighted by Crippen LogP contribution is 2.37. The van der Waals surface area contributed by atoms with Gasteiger partial charge in [-0.1, -0.05) is 12.6 Å². The first-order valence-electron chi connectivity index (χ1n) is 12.0. The fourth-order valence-electron chi connectivity index (χ4n) is 3.48. The van der Waals surface area contributed by atoms with Gasteiger partial charge in [0.05, 0.1) is 12.8 Å². The van der Waals surface area contributed by atoms with Crippen LogP contribution in [0.4, 0.5) is 47.7 Å². The molecular weight excluding hydrogens is 527 g/mol. The Morgan fingerprint density at radius 1 is 1.07 bits per heavy atom. The van der Waals surface area contributed by atoms with Crippen molar-refractivity contribution < 1.29 is 27.5 Å². The highest BCUT2D eigenvalue weighted by Gasteiger charge is 2.35. The van der Waals surface area contributed by atoms with Gasteiger partial charge in [-0.3, -0.25) is 9.59 Å². The number of halogens is 3. The van der Waals surface area contributed by atoms with E-state index in [0.29, 0.717) is 36.4 Å². The third-order valence-corrected chi connectivity index (χ3v) is 5.85. The Balaban J connectivity index is 1.86. The first-order chi connectivity index (χ1) is 18.9. The number of aromatic nitrogens is 2. The Morgan fingerprint density at radius 3 is 2.45 bits per heavy atom. The van der Waals surface area contributed by atoms with Crippen LogP contribution in [0.2, 0.25) is 0 Å². The average Bonchev–Trinajstić information content (AvgIpc) is 2.91. The van der Waals surface area contributed by atoms with Gasteiger partial charge in [0.15, 0.2) is 0 Å². The van der Waals surface area contributed by atoms with Crippen molar-refractivity contribution in [2.24, 2.45) is 0 Å². The van der Waals surface area contributed by atoms with Crippen LogP contribution in [0.25, 0.3) is 0 Å². The van der Waals surface area contributed by atoms with Gasteiger partial charge in [-0.2, -0.15) is 18.2 Å². The zero-order chi connectivity index (χ0) is 29.4. The van der Waals surface area contributed by atoms with E-state index in [9.17, 15) is 22.8 Å². The predicted molar refractivity (Wildman–Crippen MR) is 148 cm³/mol. The van der Waals surface area contributed by atoms with E-state index in [0.717, 1.165) is 11.8 Å². The molecule has 0 atom stereocenters. The molecule has 40 heavy (non-hydrogen) atoms. The van der Waals surface area contributed by atoms with Gasteiger partial charge < -0.3 is 30.5 Å². The summed E-state index contributed by atoms with van der Waals surface area (Å²) in [7, 11) is 5.05. The van der Waals surface area contributed by atoms with Crippen LogP contribution >= 0.6 is 0 Å². The number of methoxy groups -OCH3 is 1. The summed E-state index contributed by atoms with van der Waals surface area (Å²) in [6, 6.07) is 11.4. The van der Waals surface area contributed by atoms with E-state index in [4.69, 9.17) is 4.74 Å². The highest BCUT2D eigenvalue weighted by atomic mass is 19.4. The number of amides is 2. The zero-order valence-corrected chi connectivity index (χ0v) is 22.5. The number of carbonyl (C=O) groups is 2. The molecule has 1 heterocycles. The summed E-state index contributed by atoms with van der Waals surface area (Å²) in [6.45, 7) is 5.96. The quantitative estimate of drug-likeness (QED) is 0.282. The Labute approximate surface area is 229 Å². The molecule has 0 aliphatic heterocycles. The molecule has 0 fully saturated rings.